The number of hydrogen-bond donors (Lipinski definition) is 1. The minimum Gasteiger partial charge on any atom is -0.371 e. The smallest absolute Gasteiger partial charge is 0.371 e. The summed E-state index contributed by atoms with van der Waals surface area (Å²) in [6.45, 7) is 3.43. The minimum atomic E-state index is -4.12. The Morgan fingerprint density at radius 2 is 1.76 bits per heavy atom. The number of anilines is 1. The first-order valence-electron chi connectivity index (χ1n) is 13.5. The second-order valence-electron chi connectivity index (χ2n) is 11.0. The molecule has 10 heteroatoms. The van der Waals surface area contributed by atoms with Gasteiger partial charge in [0.2, 0.25) is 11.8 Å². The summed E-state index contributed by atoms with van der Waals surface area (Å²) in [5.41, 5.74) is 2.55. The van der Waals surface area contributed by atoms with E-state index >= 15 is 0 Å². The average molecular weight is 521 g/mol. The van der Waals surface area contributed by atoms with Crippen molar-refractivity contribution in [3.05, 3.63) is 29.3 Å². The first-order valence-corrected chi connectivity index (χ1v) is 13.5. The van der Waals surface area contributed by atoms with E-state index in [4.69, 9.17) is 0 Å². The molecule has 1 aromatic carbocycles. The van der Waals surface area contributed by atoms with E-state index in [0.29, 0.717) is 37.5 Å². The Bertz CT molecular complexity index is 1030. The summed E-state index contributed by atoms with van der Waals surface area (Å²) in [4.78, 5) is 43.2. The maximum Gasteiger partial charge on any atom is 0.390 e. The summed E-state index contributed by atoms with van der Waals surface area (Å²) in [5, 5.41) is 2.36. The van der Waals surface area contributed by atoms with Crippen LogP contribution in [0.5, 0.6) is 0 Å². The molecule has 2 saturated heterocycles. The number of amides is 3. The molecule has 0 bridgehead atoms. The maximum atomic E-state index is 13.3. The van der Waals surface area contributed by atoms with Gasteiger partial charge in [-0.2, -0.15) is 13.2 Å². The second-order valence-corrected chi connectivity index (χ2v) is 11.0. The van der Waals surface area contributed by atoms with Crippen LogP contribution in [0, 0.1) is 11.8 Å². The maximum absolute atomic E-state index is 13.3. The molecule has 37 heavy (non-hydrogen) atoms. The second kappa shape index (κ2) is 10.6. The molecule has 4 aliphatic rings. The Labute approximate surface area is 215 Å². The highest BCUT2D eigenvalue weighted by molar-refractivity contribution is 6.06. The fourth-order valence-electron chi connectivity index (χ4n) is 5.91. The van der Waals surface area contributed by atoms with Crippen LogP contribution in [0.4, 0.5) is 18.9 Å². The number of alkyl halides is 3. The van der Waals surface area contributed by atoms with E-state index in [2.05, 4.69) is 10.2 Å². The summed E-state index contributed by atoms with van der Waals surface area (Å²) in [6.07, 6.45) is 0.959. The molecule has 202 valence electrons. The van der Waals surface area contributed by atoms with Crippen molar-refractivity contribution in [2.45, 2.75) is 70.1 Å². The third-order valence-corrected chi connectivity index (χ3v) is 8.30. The Kier molecular flexibility index (Phi) is 7.47. The monoisotopic (exact) mass is 520 g/mol. The highest BCUT2D eigenvalue weighted by Crippen LogP contribution is 2.37. The van der Waals surface area contributed by atoms with Gasteiger partial charge < -0.3 is 14.7 Å². The van der Waals surface area contributed by atoms with E-state index < -0.39 is 24.5 Å². The van der Waals surface area contributed by atoms with Gasteiger partial charge in [0.05, 0.1) is 6.42 Å². The van der Waals surface area contributed by atoms with Crippen molar-refractivity contribution >= 4 is 23.4 Å². The number of fused-ring (bicyclic) bond motifs is 1. The fourth-order valence-corrected chi connectivity index (χ4v) is 5.91. The van der Waals surface area contributed by atoms with Crippen molar-refractivity contribution in [3.8, 4) is 0 Å². The number of halogens is 3. The summed E-state index contributed by atoms with van der Waals surface area (Å²) in [7, 11) is 0. The molecule has 3 fully saturated rings. The Hall–Kier alpha value is -2.62. The van der Waals surface area contributed by atoms with Crippen LogP contribution >= 0.6 is 0 Å². The van der Waals surface area contributed by atoms with E-state index in [1.54, 1.807) is 4.90 Å². The predicted molar refractivity (Wildman–Crippen MR) is 132 cm³/mol. The van der Waals surface area contributed by atoms with E-state index in [1.807, 2.05) is 23.1 Å². The van der Waals surface area contributed by atoms with Gasteiger partial charge >= 0.3 is 6.18 Å². The van der Waals surface area contributed by atoms with Crippen LogP contribution in [0.25, 0.3) is 0 Å². The number of imide groups is 1. The van der Waals surface area contributed by atoms with Gasteiger partial charge in [0.25, 0.3) is 5.91 Å². The number of carbonyl (C=O) groups is 3. The highest BCUT2D eigenvalue weighted by Gasteiger charge is 2.40. The summed E-state index contributed by atoms with van der Waals surface area (Å²) < 4.78 is 37.9. The molecule has 0 spiro atoms. The average Bonchev–Trinajstić information content (AvgIpc) is 3.63. The number of carbonyl (C=O) groups excluding carboxylic acids is 3. The van der Waals surface area contributed by atoms with Crippen LogP contribution in [0.2, 0.25) is 0 Å². The molecule has 3 heterocycles. The van der Waals surface area contributed by atoms with Gasteiger partial charge in [-0.15, -0.1) is 0 Å². The Balaban J connectivity index is 1.28. The third kappa shape index (κ3) is 6.27. The predicted octanol–water partition coefficient (Wildman–Crippen LogP) is 3.72. The first kappa shape index (κ1) is 26.0. The fraction of sp³-hybridized carbons (Fsp3) is 0.667. The summed E-state index contributed by atoms with van der Waals surface area (Å²) in [5.74, 6) is 0.223. The number of nitrogens with one attached hydrogen (secondary N) is 1. The molecule has 1 unspecified atom stereocenters. The highest BCUT2D eigenvalue weighted by atomic mass is 19.4. The largest absolute Gasteiger partial charge is 0.390 e. The molecule has 1 aliphatic carbocycles. The van der Waals surface area contributed by atoms with Gasteiger partial charge in [-0.25, -0.2) is 0 Å². The van der Waals surface area contributed by atoms with Crippen LogP contribution in [0.3, 0.4) is 0 Å². The number of hydrogen-bond acceptors (Lipinski definition) is 5. The normalized spacial score (nSPS) is 23.4. The van der Waals surface area contributed by atoms with Crippen LogP contribution < -0.4 is 10.2 Å². The number of rotatable bonds is 9. The van der Waals surface area contributed by atoms with Gasteiger partial charge in [0, 0.05) is 49.4 Å². The van der Waals surface area contributed by atoms with Crippen molar-refractivity contribution in [2.75, 3.05) is 37.6 Å². The zero-order valence-corrected chi connectivity index (χ0v) is 21.1. The third-order valence-electron chi connectivity index (χ3n) is 8.30. The van der Waals surface area contributed by atoms with Gasteiger partial charge in [0.1, 0.15) is 6.04 Å². The molecular formula is C27H35F3N4O3. The van der Waals surface area contributed by atoms with Crippen molar-refractivity contribution in [3.63, 3.8) is 0 Å². The number of nitrogens with zero attached hydrogens (tertiary/aromatic N) is 3. The number of likely N-dealkylation sites (tertiary alicyclic amines) is 1. The lowest BCUT2D eigenvalue weighted by molar-refractivity contribution is -0.139. The lowest BCUT2D eigenvalue weighted by Crippen LogP contribution is -2.52. The molecule has 1 N–H and O–H groups in total. The standard InChI is InChI=1S/C27H35F3N4O3/c28-27(29,30)11-15-32-12-8-19(9-13-32)16-33(14-10-18-4-5-18)22-3-1-2-20-21(22)17-34(26(20)37)23-6-7-24(35)31-25(23)36/h1-3,18-19,23H,4-17H2,(H,31,35,36). The molecule has 7 nitrogen and oxygen atoms in total. The molecule has 3 aliphatic heterocycles. The quantitative estimate of drug-likeness (QED) is 0.503. The van der Waals surface area contributed by atoms with Crippen molar-refractivity contribution in [1.29, 1.82) is 0 Å². The lowest BCUT2D eigenvalue weighted by atomic mass is 9.95. The zero-order valence-electron chi connectivity index (χ0n) is 21.1. The Morgan fingerprint density at radius 1 is 1.00 bits per heavy atom. The van der Waals surface area contributed by atoms with Crippen molar-refractivity contribution in [1.82, 2.24) is 15.1 Å². The molecule has 0 radical (unpaired) electrons. The Morgan fingerprint density at radius 3 is 2.43 bits per heavy atom. The van der Waals surface area contributed by atoms with Crippen LogP contribution in [-0.4, -0.2) is 72.5 Å². The van der Waals surface area contributed by atoms with Crippen LogP contribution in [-0.2, 0) is 16.1 Å². The molecule has 0 aromatic heterocycles. The van der Waals surface area contributed by atoms with Crippen molar-refractivity contribution in [2.24, 2.45) is 11.8 Å². The summed E-state index contributed by atoms with van der Waals surface area (Å²) >= 11 is 0. The lowest BCUT2D eigenvalue weighted by Gasteiger charge is -2.36. The van der Waals surface area contributed by atoms with E-state index in [9.17, 15) is 27.6 Å². The summed E-state index contributed by atoms with van der Waals surface area (Å²) in [6, 6.07) is 5.10. The minimum absolute atomic E-state index is 0.0616. The first-order chi connectivity index (χ1) is 17.7. The topological polar surface area (TPSA) is 73.0 Å². The van der Waals surface area contributed by atoms with Crippen LogP contribution in [0.15, 0.2) is 18.2 Å². The number of benzene rings is 1. The van der Waals surface area contributed by atoms with Gasteiger partial charge in [-0.05, 0) is 62.7 Å². The van der Waals surface area contributed by atoms with Crippen molar-refractivity contribution < 1.29 is 27.6 Å². The SMILES string of the molecule is O=C1CCC(N2Cc3c(cccc3N(CCC3CC3)CC3CCN(CCC(F)(F)F)CC3)C2=O)C(=O)N1. The molecule has 1 aromatic rings. The number of piperidine rings is 2. The van der Waals surface area contributed by atoms with E-state index in [-0.39, 0.29) is 24.8 Å². The van der Waals surface area contributed by atoms with E-state index in [0.717, 1.165) is 49.5 Å². The van der Waals surface area contributed by atoms with E-state index in [1.165, 1.54) is 12.8 Å². The molecule has 1 atom stereocenters. The molecular weight excluding hydrogens is 485 g/mol. The van der Waals surface area contributed by atoms with Crippen LogP contribution in [0.1, 0.15) is 67.3 Å². The molecule has 1 saturated carbocycles. The van der Waals surface area contributed by atoms with Gasteiger partial charge in [-0.3, -0.25) is 19.7 Å². The van der Waals surface area contributed by atoms with Gasteiger partial charge in [-0.1, -0.05) is 18.9 Å². The zero-order chi connectivity index (χ0) is 26.2. The molecule has 5 rings (SSSR count). The molecule has 3 amide bonds. The van der Waals surface area contributed by atoms with Gasteiger partial charge in [0.15, 0.2) is 0 Å².